The molecule has 1 aliphatic heterocycles. The first-order valence-electron chi connectivity index (χ1n) is 16.1. The van der Waals surface area contributed by atoms with Crippen LogP contribution in [0.4, 0.5) is 30.4 Å². The van der Waals surface area contributed by atoms with Crippen LogP contribution in [0.25, 0.3) is 10.8 Å². The Morgan fingerprint density at radius 3 is 2.56 bits per heavy atom. The van der Waals surface area contributed by atoms with E-state index in [0.717, 1.165) is 10.8 Å². The minimum Gasteiger partial charge on any atom is -0.490 e. The van der Waals surface area contributed by atoms with Crippen molar-refractivity contribution < 1.29 is 41.8 Å². The van der Waals surface area contributed by atoms with Gasteiger partial charge in [0, 0.05) is 29.5 Å². The van der Waals surface area contributed by atoms with Gasteiger partial charge in [0.15, 0.2) is 18.1 Å². The number of pyridine rings is 1. The molecule has 0 unspecified atom stereocenters. The molecular weight excluding hydrogens is 655 g/mol. The Morgan fingerprint density at radius 1 is 1.02 bits per heavy atom. The highest BCUT2D eigenvalue weighted by atomic mass is 19.4. The molecule has 1 saturated heterocycles. The molecular formula is C36H38F3N5O6. The number of ether oxygens (including phenoxy) is 3. The highest BCUT2D eigenvalue weighted by Crippen LogP contribution is 2.38. The molecule has 264 valence electrons. The molecule has 1 aromatic heterocycles. The fraction of sp³-hybridized carbons (Fsp3) is 0.333. The third-order valence-electron chi connectivity index (χ3n) is 7.97. The second kappa shape index (κ2) is 15.3. The van der Waals surface area contributed by atoms with Gasteiger partial charge in [-0.05, 0) is 98.7 Å². The number of hydrogen-bond donors (Lipinski definition) is 3. The molecule has 0 radical (unpaired) electrons. The molecule has 3 aromatic carbocycles. The Labute approximate surface area is 286 Å². The number of nitrogen functional groups attached to an aromatic ring is 1. The number of halogens is 3. The van der Waals surface area contributed by atoms with E-state index < -0.39 is 30.7 Å². The van der Waals surface area contributed by atoms with E-state index in [1.54, 1.807) is 41.4 Å². The Hall–Kier alpha value is -5.53. The number of rotatable bonds is 12. The van der Waals surface area contributed by atoms with Crippen LogP contribution in [0, 0.1) is 0 Å². The van der Waals surface area contributed by atoms with Crippen molar-refractivity contribution in [3.8, 4) is 11.5 Å². The lowest BCUT2D eigenvalue weighted by atomic mass is 10.0. The van der Waals surface area contributed by atoms with Crippen molar-refractivity contribution in [2.75, 3.05) is 36.1 Å². The fourth-order valence-corrected chi connectivity index (χ4v) is 5.85. The van der Waals surface area contributed by atoms with E-state index >= 15 is 0 Å². The molecule has 0 spiro atoms. The standard InChI is InChI=1S/C36H38F3N5O6/c1-4-48-30-19-24(10-13-29(30)50-21(2)3)32(43-26-11-12-27-22(17-26)14-15-41-33(27)40)34(46)44-16-6-9-28(44)23-7-5-8-25(18-23)42-31(45)20-49-35(47)36(37,38)39/h5,7-8,10-15,17-19,21,28,32,43H,4,6,9,16,20H2,1-3H3,(H2,40,41)(H,42,45)/t28-,32-/m0/s1. The highest BCUT2D eigenvalue weighted by Gasteiger charge is 2.41. The van der Waals surface area contributed by atoms with Crippen LogP contribution in [0.5, 0.6) is 11.5 Å². The SMILES string of the molecule is CCOc1cc([C@H](Nc2ccc3c(N)nccc3c2)C(=O)N2CCC[C@H]2c2cccc(NC(=O)COC(=O)C(F)(F)F)c2)ccc1OC(C)C. The number of carbonyl (C=O) groups is 3. The lowest BCUT2D eigenvalue weighted by Gasteiger charge is -2.31. The quantitative estimate of drug-likeness (QED) is 0.140. The predicted molar refractivity (Wildman–Crippen MR) is 182 cm³/mol. The number of alkyl halides is 3. The average molecular weight is 694 g/mol. The molecule has 2 atom stereocenters. The summed E-state index contributed by atoms with van der Waals surface area (Å²) < 4.78 is 53.4. The number of nitrogens with one attached hydrogen (secondary N) is 2. The summed E-state index contributed by atoms with van der Waals surface area (Å²) in [7, 11) is 0. The Balaban J connectivity index is 1.44. The van der Waals surface area contributed by atoms with Crippen molar-refractivity contribution in [2.24, 2.45) is 0 Å². The fourth-order valence-electron chi connectivity index (χ4n) is 5.85. The summed E-state index contributed by atoms with van der Waals surface area (Å²) in [4.78, 5) is 43.8. The Kier molecular flexibility index (Phi) is 11.0. The van der Waals surface area contributed by atoms with Gasteiger partial charge in [-0.1, -0.05) is 18.2 Å². The number of likely N-dealkylation sites (tertiary alicyclic amines) is 1. The summed E-state index contributed by atoms with van der Waals surface area (Å²) >= 11 is 0. The van der Waals surface area contributed by atoms with E-state index in [9.17, 15) is 27.6 Å². The largest absolute Gasteiger partial charge is 0.490 e. The number of nitrogens with two attached hydrogens (primary N) is 1. The first-order chi connectivity index (χ1) is 23.8. The zero-order valence-corrected chi connectivity index (χ0v) is 27.8. The summed E-state index contributed by atoms with van der Waals surface area (Å²) in [6.07, 6.45) is -2.35. The first-order valence-corrected chi connectivity index (χ1v) is 16.1. The van der Waals surface area contributed by atoms with E-state index in [1.165, 1.54) is 0 Å². The molecule has 5 rings (SSSR count). The van der Waals surface area contributed by atoms with Crippen LogP contribution in [0.3, 0.4) is 0 Å². The average Bonchev–Trinajstić information content (AvgIpc) is 3.57. The molecule has 4 aromatic rings. The lowest BCUT2D eigenvalue weighted by molar-refractivity contribution is -0.199. The number of benzene rings is 3. The number of hydrogen-bond acceptors (Lipinski definition) is 9. The maximum Gasteiger partial charge on any atom is 0.490 e. The van der Waals surface area contributed by atoms with Crippen molar-refractivity contribution in [3.63, 3.8) is 0 Å². The van der Waals surface area contributed by atoms with Crippen LogP contribution in [0.2, 0.25) is 0 Å². The van der Waals surface area contributed by atoms with Crippen LogP contribution < -0.4 is 25.8 Å². The van der Waals surface area contributed by atoms with E-state index in [-0.39, 0.29) is 23.7 Å². The second-order valence-electron chi connectivity index (χ2n) is 12.0. The van der Waals surface area contributed by atoms with Gasteiger partial charge >= 0.3 is 12.1 Å². The summed E-state index contributed by atoms with van der Waals surface area (Å²) in [5.41, 5.74) is 8.38. The van der Waals surface area contributed by atoms with Crippen molar-refractivity contribution in [1.82, 2.24) is 9.88 Å². The molecule has 0 bridgehead atoms. The maximum atomic E-state index is 14.6. The molecule has 2 amide bonds. The third kappa shape index (κ3) is 8.54. The summed E-state index contributed by atoms with van der Waals surface area (Å²) in [5.74, 6) is -2.16. The van der Waals surface area contributed by atoms with Crippen LogP contribution in [0.15, 0.2) is 72.9 Å². The smallest absolute Gasteiger partial charge is 0.490 e. The molecule has 0 saturated carbocycles. The number of carbonyl (C=O) groups excluding carboxylic acids is 3. The Morgan fingerprint density at radius 2 is 1.82 bits per heavy atom. The van der Waals surface area contributed by atoms with Gasteiger partial charge < -0.3 is 35.5 Å². The van der Waals surface area contributed by atoms with Crippen LogP contribution in [-0.2, 0) is 19.1 Å². The monoisotopic (exact) mass is 693 g/mol. The van der Waals surface area contributed by atoms with Crippen molar-refractivity contribution in [2.45, 2.75) is 58.0 Å². The van der Waals surface area contributed by atoms with Gasteiger partial charge in [-0.3, -0.25) is 9.59 Å². The predicted octanol–water partition coefficient (Wildman–Crippen LogP) is 6.56. The number of fused-ring (bicyclic) bond motifs is 1. The molecule has 1 fully saturated rings. The minimum atomic E-state index is -5.21. The highest BCUT2D eigenvalue weighted by molar-refractivity contribution is 5.95. The van der Waals surface area contributed by atoms with Crippen molar-refractivity contribution in [3.05, 3.63) is 84.1 Å². The molecule has 14 heteroatoms. The van der Waals surface area contributed by atoms with Gasteiger partial charge in [0.1, 0.15) is 11.9 Å². The van der Waals surface area contributed by atoms with Gasteiger partial charge in [0.05, 0.1) is 18.8 Å². The number of esters is 1. The van der Waals surface area contributed by atoms with Crippen molar-refractivity contribution in [1.29, 1.82) is 0 Å². The van der Waals surface area contributed by atoms with Crippen molar-refractivity contribution >= 4 is 45.7 Å². The lowest BCUT2D eigenvalue weighted by Crippen LogP contribution is -2.37. The van der Waals surface area contributed by atoms with E-state index in [4.69, 9.17) is 15.2 Å². The number of anilines is 3. The molecule has 1 aliphatic rings. The molecule has 4 N–H and O–H groups in total. The topological polar surface area (TPSA) is 145 Å². The summed E-state index contributed by atoms with van der Waals surface area (Å²) in [6, 6.07) is 18.3. The third-order valence-corrected chi connectivity index (χ3v) is 7.97. The molecule has 11 nitrogen and oxygen atoms in total. The number of amides is 2. The first kappa shape index (κ1) is 35.8. The number of nitrogens with zero attached hydrogens (tertiary/aromatic N) is 2. The maximum absolute atomic E-state index is 14.6. The van der Waals surface area contributed by atoms with Gasteiger partial charge in [-0.15, -0.1) is 0 Å². The van der Waals surface area contributed by atoms with E-state index in [1.807, 2.05) is 57.2 Å². The molecule has 2 heterocycles. The zero-order valence-electron chi connectivity index (χ0n) is 27.8. The normalized spacial score (nSPS) is 15.1. The van der Waals surface area contributed by atoms with Gasteiger partial charge in [-0.25, -0.2) is 9.78 Å². The van der Waals surface area contributed by atoms with Crippen LogP contribution in [-0.4, -0.2) is 59.7 Å². The zero-order chi connectivity index (χ0) is 36.0. The number of aromatic nitrogens is 1. The van der Waals surface area contributed by atoms with Gasteiger partial charge in [0.2, 0.25) is 5.91 Å². The summed E-state index contributed by atoms with van der Waals surface area (Å²) in [5, 5.41) is 7.50. The summed E-state index contributed by atoms with van der Waals surface area (Å²) in [6.45, 7) is 5.43. The van der Waals surface area contributed by atoms with Crippen LogP contribution in [0.1, 0.15) is 56.8 Å². The van der Waals surface area contributed by atoms with E-state index in [0.29, 0.717) is 60.1 Å². The minimum absolute atomic E-state index is 0.101. The van der Waals surface area contributed by atoms with Gasteiger partial charge in [-0.2, -0.15) is 13.2 Å². The van der Waals surface area contributed by atoms with Crippen LogP contribution >= 0.6 is 0 Å². The van der Waals surface area contributed by atoms with E-state index in [2.05, 4.69) is 20.4 Å². The van der Waals surface area contributed by atoms with Gasteiger partial charge in [0.25, 0.3) is 5.91 Å². The molecule has 0 aliphatic carbocycles. The second-order valence-corrected chi connectivity index (χ2v) is 12.0. The Bertz CT molecular complexity index is 1870. The molecule has 50 heavy (non-hydrogen) atoms.